The van der Waals surface area contributed by atoms with Crippen molar-refractivity contribution in [1.29, 1.82) is 0 Å². The molecule has 0 unspecified atom stereocenters. The van der Waals surface area contributed by atoms with E-state index >= 15 is 0 Å². The van der Waals surface area contributed by atoms with Crippen LogP contribution in [0.15, 0.2) is 30.6 Å². The highest BCUT2D eigenvalue weighted by Crippen LogP contribution is 2.35. The fraction of sp³-hybridized carbons (Fsp3) is 0.286. The Labute approximate surface area is 124 Å². The Bertz CT molecular complexity index is 688. The topological polar surface area (TPSA) is 72.2 Å². The first-order valence-electron chi connectivity index (χ1n) is 6.73. The van der Waals surface area contributed by atoms with Gasteiger partial charge in [0.15, 0.2) is 12.0 Å². The number of nitrogens with zero attached hydrogens (tertiary/aromatic N) is 4. The minimum Gasteiger partial charge on any atom is -0.358 e. The largest absolute Gasteiger partial charge is 0.382 e. The summed E-state index contributed by atoms with van der Waals surface area (Å²) in [6.07, 6.45) is 3.95. The SMILES string of the molecule is O=[N+]([O-])c1cnc(N2CCC[C@H]2c2cc(F)cc(F)c2)cn1. The highest BCUT2D eigenvalue weighted by molar-refractivity contribution is 5.43. The second kappa shape index (κ2) is 5.63. The van der Waals surface area contributed by atoms with E-state index < -0.39 is 16.6 Å². The molecule has 1 aromatic heterocycles. The molecule has 0 spiro atoms. The second-order valence-electron chi connectivity index (χ2n) is 5.04. The number of anilines is 1. The average Bonchev–Trinajstić information content (AvgIpc) is 2.95. The molecule has 8 heteroatoms. The summed E-state index contributed by atoms with van der Waals surface area (Å²) < 4.78 is 26.8. The van der Waals surface area contributed by atoms with Crippen molar-refractivity contribution in [2.24, 2.45) is 0 Å². The number of benzene rings is 1. The third-order valence-corrected chi connectivity index (χ3v) is 3.63. The lowest BCUT2D eigenvalue weighted by Crippen LogP contribution is -2.24. The van der Waals surface area contributed by atoms with Gasteiger partial charge in [-0.15, -0.1) is 0 Å². The van der Waals surface area contributed by atoms with Crippen molar-refractivity contribution in [2.75, 3.05) is 11.4 Å². The molecular weight excluding hydrogens is 294 g/mol. The molecule has 2 heterocycles. The third-order valence-electron chi connectivity index (χ3n) is 3.63. The molecule has 1 atom stereocenters. The number of hydrogen-bond acceptors (Lipinski definition) is 5. The van der Waals surface area contributed by atoms with Gasteiger partial charge in [0.2, 0.25) is 0 Å². The van der Waals surface area contributed by atoms with Gasteiger partial charge in [0.05, 0.1) is 6.04 Å². The van der Waals surface area contributed by atoms with Crippen LogP contribution < -0.4 is 4.90 Å². The predicted molar refractivity (Wildman–Crippen MR) is 74.4 cm³/mol. The van der Waals surface area contributed by atoms with Gasteiger partial charge in [0.25, 0.3) is 0 Å². The molecule has 0 radical (unpaired) electrons. The van der Waals surface area contributed by atoms with E-state index in [1.165, 1.54) is 18.3 Å². The zero-order valence-corrected chi connectivity index (χ0v) is 11.4. The number of halogens is 2. The molecule has 6 nitrogen and oxygen atoms in total. The molecule has 0 bridgehead atoms. The van der Waals surface area contributed by atoms with E-state index in [0.29, 0.717) is 17.9 Å². The Morgan fingerprint density at radius 1 is 1.18 bits per heavy atom. The van der Waals surface area contributed by atoms with Gasteiger partial charge in [-0.25, -0.2) is 13.8 Å². The molecular formula is C14H12F2N4O2. The van der Waals surface area contributed by atoms with Crippen molar-refractivity contribution in [3.63, 3.8) is 0 Å². The van der Waals surface area contributed by atoms with Crippen molar-refractivity contribution in [3.8, 4) is 0 Å². The summed E-state index contributed by atoms with van der Waals surface area (Å²) in [5.41, 5.74) is 0.523. The molecule has 0 N–H and O–H groups in total. The Morgan fingerprint density at radius 2 is 1.91 bits per heavy atom. The maximum absolute atomic E-state index is 13.4. The van der Waals surface area contributed by atoms with Crippen LogP contribution in [0.3, 0.4) is 0 Å². The molecule has 1 aliphatic rings. The van der Waals surface area contributed by atoms with Gasteiger partial charge < -0.3 is 15.0 Å². The van der Waals surface area contributed by atoms with Crippen LogP contribution in [0.1, 0.15) is 24.4 Å². The standard InChI is InChI=1S/C14H12F2N4O2/c15-10-4-9(5-11(16)6-10)12-2-1-3-19(12)13-7-18-14(8-17-13)20(21)22/h4-8,12H,1-3H2/t12-/m0/s1. The minimum atomic E-state index is -0.628. The van der Waals surface area contributed by atoms with Gasteiger partial charge >= 0.3 is 5.82 Å². The molecule has 1 saturated heterocycles. The fourth-order valence-electron chi connectivity index (χ4n) is 2.71. The fourth-order valence-corrected chi connectivity index (χ4v) is 2.71. The summed E-state index contributed by atoms with van der Waals surface area (Å²) in [6.45, 7) is 0.648. The predicted octanol–water partition coefficient (Wildman–Crippen LogP) is 3.00. The van der Waals surface area contributed by atoms with Crippen LogP contribution in [0.25, 0.3) is 0 Å². The lowest BCUT2D eigenvalue weighted by molar-refractivity contribution is -0.389. The van der Waals surface area contributed by atoms with Gasteiger partial charge in [0, 0.05) is 12.6 Å². The van der Waals surface area contributed by atoms with E-state index in [4.69, 9.17) is 0 Å². The lowest BCUT2D eigenvalue weighted by atomic mass is 10.0. The van der Waals surface area contributed by atoms with Gasteiger partial charge in [-0.3, -0.25) is 0 Å². The summed E-state index contributed by atoms with van der Waals surface area (Å²) >= 11 is 0. The van der Waals surface area contributed by atoms with E-state index in [-0.39, 0.29) is 11.9 Å². The Hall–Kier alpha value is -2.64. The number of rotatable bonds is 3. The molecule has 1 aliphatic heterocycles. The first-order valence-corrected chi connectivity index (χ1v) is 6.73. The quantitative estimate of drug-likeness (QED) is 0.644. The van der Waals surface area contributed by atoms with E-state index in [0.717, 1.165) is 25.1 Å². The van der Waals surface area contributed by atoms with Crippen LogP contribution >= 0.6 is 0 Å². The first-order chi connectivity index (χ1) is 10.5. The van der Waals surface area contributed by atoms with Crippen molar-refractivity contribution in [1.82, 2.24) is 9.97 Å². The summed E-state index contributed by atoms with van der Waals surface area (Å²) in [5, 5.41) is 10.6. The van der Waals surface area contributed by atoms with Crippen LogP contribution in [0, 0.1) is 21.7 Å². The maximum Gasteiger partial charge on any atom is 0.382 e. The Morgan fingerprint density at radius 3 is 2.50 bits per heavy atom. The van der Waals surface area contributed by atoms with Crippen LogP contribution in [0.2, 0.25) is 0 Å². The second-order valence-corrected chi connectivity index (χ2v) is 5.04. The normalized spacial score (nSPS) is 17.7. The Balaban J connectivity index is 1.91. The number of nitro groups is 1. The zero-order valence-electron chi connectivity index (χ0n) is 11.4. The summed E-state index contributed by atoms with van der Waals surface area (Å²) in [5.74, 6) is -1.14. The van der Waals surface area contributed by atoms with Crippen LogP contribution in [0.4, 0.5) is 20.4 Å². The monoisotopic (exact) mass is 306 g/mol. The molecule has 3 rings (SSSR count). The highest BCUT2D eigenvalue weighted by Gasteiger charge is 2.29. The van der Waals surface area contributed by atoms with Crippen LogP contribution in [-0.4, -0.2) is 21.4 Å². The van der Waals surface area contributed by atoms with E-state index in [1.54, 1.807) is 0 Å². The summed E-state index contributed by atoms with van der Waals surface area (Å²) in [4.78, 5) is 19.6. The minimum absolute atomic E-state index is 0.221. The van der Waals surface area contributed by atoms with E-state index in [1.807, 2.05) is 4.90 Å². The number of hydrogen-bond donors (Lipinski definition) is 0. The molecule has 0 saturated carbocycles. The molecule has 114 valence electrons. The highest BCUT2D eigenvalue weighted by atomic mass is 19.1. The molecule has 22 heavy (non-hydrogen) atoms. The third kappa shape index (κ3) is 2.72. The summed E-state index contributed by atoms with van der Waals surface area (Å²) in [7, 11) is 0. The maximum atomic E-state index is 13.4. The molecule has 0 amide bonds. The molecule has 1 fully saturated rings. The first kappa shape index (κ1) is 14.3. The Kier molecular flexibility index (Phi) is 3.66. The van der Waals surface area contributed by atoms with Gasteiger partial charge in [-0.2, -0.15) is 0 Å². The molecule has 0 aliphatic carbocycles. The van der Waals surface area contributed by atoms with Crippen molar-refractivity contribution >= 4 is 11.6 Å². The molecule has 1 aromatic carbocycles. The van der Waals surface area contributed by atoms with Gasteiger partial charge in [-0.1, -0.05) is 0 Å². The van der Waals surface area contributed by atoms with Crippen molar-refractivity contribution in [2.45, 2.75) is 18.9 Å². The van der Waals surface area contributed by atoms with Crippen molar-refractivity contribution < 1.29 is 13.7 Å². The smallest absolute Gasteiger partial charge is 0.358 e. The van der Waals surface area contributed by atoms with Crippen molar-refractivity contribution in [3.05, 3.63) is 57.9 Å². The molecule has 2 aromatic rings. The van der Waals surface area contributed by atoms with E-state index in [9.17, 15) is 18.9 Å². The zero-order chi connectivity index (χ0) is 15.7. The average molecular weight is 306 g/mol. The van der Waals surface area contributed by atoms with E-state index in [2.05, 4.69) is 9.97 Å². The lowest BCUT2D eigenvalue weighted by Gasteiger charge is -2.25. The van der Waals surface area contributed by atoms with Gasteiger partial charge in [-0.05, 0) is 40.4 Å². The number of aromatic nitrogens is 2. The van der Waals surface area contributed by atoms with Crippen LogP contribution in [0.5, 0.6) is 0 Å². The summed E-state index contributed by atoms with van der Waals surface area (Å²) in [6, 6.07) is 3.20. The van der Waals surface area contributed by atoms with Crippen LogP contribution in [-0.2, 0) is 0 Å². The van der Waals surface area contributed by atoms with Gasteiger partial charge in [0.1, 0.15) is 17.8 Å².